The molecule has 0 fully saturated rings. The van der Waals surface area contributed by atoms with Crippen LogP contribution in [0.15, 0.2) is 54.6 Å². The summed E-state index contributed by atoms with van der Waals surface area (Å²) in [6.07, 6.45) is 10.8. The molecule has 35 heavy (non-hydrogen) atoms. The smallest absolute Gasteiger partial charge is 0.410 e. The highest BCUT2D eigenvalue weighted by Gasteiger charge is 2.31. The standard InChI is InChI=1S/C32H45NO2/c1-5-9-19-27(15-7-3)33(28(16-8-4)20-10-6-2)32(34)35-24-31-29-21-13-11-17-25(29)23-26-18-12-14-22-30(26)31/h11-14,17-18,21-23,27-28H,5-10,15-16,19-20,24H2,1-4H3. The number of hydrogen-bond donors (Lipinski definition) is 0. The lowest BCUT2D eigenvalue weighted by Gasteiger charge is -2.38. The first kappa shape index (κ1) is 27.0. The number of benzene rings is 3. The fraction of sp³-hybridized carbons (Fsp3) is 0.531. The molecular formula is C32H45NO2. The van der Waals surface area contributed by atoms with Crippen molar-refractivity contribution in [3.8, 4) is 0 Å². The first-order valence-corrected chi connectivity index (χ1v) is 14.0. The summed E-state index contributed by atoms with van der Waals surface area (Å²) in [6.45, 7) is 9.23. The molecule has 3 aromatic rings. The van der Waals surface area contributed by atoms with Gasteiger partial charge in [-0.1, -0.05) is 115 Å². The van der Waals surface area contributed by atoms with Crippen molar-refractivity contribution < 1.29 is 9.53 Å². The van der Waals surface area contributed by atoms with E-state index in [0.29, 0.717) is 6.61 Å². The lowest BCUT2D eigenvalue weighted by molar-refractivity contribution is 0.0506. The predicted molar refractivity (Wildman–Crippen MR) is 150 cm³/mol. The molecule has 190 valence electrons. The van der Waals surface area contributed by atoms with Crippen molar-refractivity contribution in [3.63, 3.8) is 0 Å². The zero-order chi connectivity index (χ0) is 25.0. The van der Waals surface area contributed by atoms with Crippen LogP contribution in [0.3, 0.4) is 0 Å². The number of carbonyl (C=O) groups is 1. The minimum absolute atomic E-state index is 0.133. The number of rotatable bonds is 14. The van der Waals surface area contributed by atoms with Crippen LogP contribution in [0.25, 0.3) is 21.5 Å². The fourth-order valence-corrected chi connectivity index (χ4v) is 5.46. The van der Waals surface area contributed by atoms with Crippen molar-refractivity contribution in [2.75, 3.05) is 0 Å². The maximum absolute atomic E-state index is 13.9. The van der Waals surface area contributed by atoms with E-state index in [-0.39, 0.29) is 18.2 Å². The maximum Gasteiger partial charge on any atom is 0.410 e. The molecule has 0 saturated heterocycles. The lowest BCUT2D eigenvalue weighted by Crippen LogP contribution is -2.47. The Morgan fingerprint density at radius 1 is 0.714 bits per heavy atom. The van der Waals surface area contributed by atoms with E-state index in [0.717, 1.165) is 80.5 Å². The minimum Gasteiger partial charge on any atom is -0.444 e. The van der Waals surface area contributed by atoms with Crippen molar-refractivity contribution >= 4 is 27.6 Å². The van der Waals surface area contributed by atoms with Crippen molar-refractivity contribution in [1.82, 2.24) is 4.90 Å². The summed E-state index contributed by atoms with van der Waals surface area (Å²) in [7, 11) is 0. The van der Waals surface area contributed by atoms with Gasteiger partial charge in [0, 0.05) is 17.6 Å². The Morgan fingerprint density at radius 2 is 1.20 bits per heavy atom. The number of unbranched alkanes of at least 4 members (excludes halogenated alkanes) is 2. The van der Waals surface area contributed by atoms with E-state index < -0.39 is 0 Å². The lowest BCUT2D eigenvalue weighted by atomic mass is 9.97. The normalized spacial score (nSPS) is 13.1. The van der Waals surface area contributed by atoms with Gasteiger partial charge in [0.1, 0.15) is 6.61 Å². The molecule has 2 atom stereocenters. The number of hydrogen-bond acceptors (Lipinski definition) is 2. The van der Waals surface area contributed by atoms with Crippen LogP contribution >= 0.6 is 0 Å². The first-order chi connectivity index (χ1) is 17.1. The number of ether oxygens (including phenoxy) is 1. The second kappa shape index (κ2) is 14.1. The predicted octanol–water partition coefficient (Wildman–Crippen LogP) is 9.65. The molecule has 0 aliphatic carbocycles. The van der Waals surface area contributed by atoms with E-state index in [1.54, 1.807) is 0 Å². The summed E-state index contributed by atoms with van der Waals surface area (Å²) in [5, 5.41) is 4.70. The molecule has 0 N–H and O–H groups in total. The summed E-state index contributed by atoms with van der Waals surface area (Å²) < 4.78 is 6.21. The molecule has 3 nitrogen and oxygen atoms in total. The molecule has 1 amide bonds. The fourth-order valence-electron chi connectivity index (χ4n) is 5.46. The molecule has 0 aromatic heterocycles. The highest BCUT2D eigenvalue weighted by molar-refractivity contribution is 6.02. The van der Waals surface area contributed by atoms with E-state index >= 15 is 0 Å². The van der Waals surface area contributed by atoms with Crippen LogP contribution < -0.4 is 0 Å². The second-order valence-corrected chi connectivity index (χ2v) is 9.93. The number of carbonyl (C=O) groups excluding carboxylic acids is 1. The highest BCUT2D eigenvalue weighted by atomic mass is 16.6. The van der Waals surface area contributed by atoms with Gasteiger partial charge in [-0.2, -0.15) is 0 Å². The highest BCUT2D eigenvalue weighted by Crippen LogP contribution is 2.30. The van der Waals surface area contributed by atoms with Gasteiger partial charge in [-0.15, -0.1) is 0 Å². The minimum atomic E-state index is -0.133. The third-order valence-corrected chi connectivity index (χ3v) is 7.25. The molecule has 3 aromatic carbocycles. The van der Waals surface area contributed by atoms with Gasteiger partial charge in [-0.25, -0.2) is 4.79 Å². The topological polar surface area (TPSA) is 29.5 Å². The van der Waals surface area contributed by atoms with Crippen LogP contribution in [0.5, 0.6) is 0 Å². The summed E-state index contributed by atoms with van der Waals surface area (Å²) in [5.41, 5.74) is 1.10. The zero-order valence-corrected chi connectivity index (χ0v) is 22.4. The molecule has 0 bridgehead atoms. The number of fused-ring (bicyclic) bond motifs is 2. The van der Waals surface area contributed by atoms with E-state index in [4.69, 9.17) is 4.74 Å². The molecule has 0 radical (unpaired) electrons. The molecule has 0 heterocycles. The van der Waals surface area contributed by atoms with Crippen molar-refractivity contribution in [2.24, 2.45) is 0 Å². The molecule has 0 aliphatic heterocycles. The number of nitrogens with zero attached hydrogens (tertiary/aromatic N) is 1. The van der Waals surface area contributed by atoms with Crippen molar-refractivity contribution in [2.45, 2.75) is 111 Å². The summed E-state index contributed by atoms with van der Waals surface area (Å²) >= 11 is 0. The third-order valence-electron chi connectivity index (χ3n) is 7.25. The van der Waals surface area contributed by atoms with E-state index in [1.807, 2.05) is 0 Å². The Labute approximate surface area is 212 Å². The molecule has 0 aliphatic rings. The van der Waals surface area contributed by atoms with Crippen LogP contribution in [-0.2, 0) is 11.3 Å². The Hall–Kier alpha value is -2.55. The first-order valence-electron chi connectivity index (χ1n) is 14.0. The van der Waals surface area contributed by atoms with Gasteiger partial charge in [0.25, 0.3) is 0 Å². The average Bonchev–Trinajstić information content (AvgIpc) is 2.88. The maximum atomic E-state index is 13.9. The van der Waals surface area contributed by atoms with Gasteiger partial charge >= 0.3 is 6.09 Å². The van der Waals surface area contributed by atoms with Gasteiger partial charge in [-0.05, 0) is 53.3 Å². The molecule has 0 spiro atoms. The second-order valence-electron chi connectivity index (χ2n) is 9.93. The van der Waals surface area contributed by atoms with Gasteiger partial charge in [0.2, 0.25) is 0 Å². The van der Waals surface area contributed by atoms with Gasteiger partial charge < -0.3 is 9.64 Å². The van der Waals surface area contributed by atoms with E-state index in [1.165, 1.54) is 10.8 Å². The Balaban J connectivity index is 1.93. The quantitative estimate of drug-likeness (QED) is 0.217. The molecule has 3 rings (SSSR count). The number of amides is 1. The Bertz CT molecular complexity index is 988. The third kappa shape index (κ3) is 6.99. The van der Waals surface area contributed by atoms with Crippen LogP contribution in [0, 0.1) is 0 Å². The summed E-state index contributed by atoms with van der Waals surface area (Å²) in [6, 6.07) is 19.6. The van der Waals surface area contributed by atoms with Gasteiger partial charge in [0.15, 0.2) is 0 Å². The van der Waals surface area contributed by atoms with Crippen LogP contribution in [0.4, 0.5) is 4.79 Å². The van der Waals surface area contributed by atoms with Crippen molar-refractivity contribution in [1.29, 1.82) is 0 Å². The Kier molecular flexibility index (Phi) is 10.9. The summed E-state index contributed by atoms with van der Waals surface area (Å²) in [5.74, 6) is 0. The van der Waals surface area contributed by atoms with Crippen LogP contribution in [-0.4, -0.2) is 23.1 Å². The Morgan fingerprint density at radius 3 is 1.66 bits per heavy atom. The SMILES string of the molecule is CCCCC(CCC)N(C(=O)OCc1c2ccccc2cc2ccccc12)C(CCC)CCCC. The molecule has 0 saturated carbocycles. The van der Waals surface area contributed by atoms with E-state index in [9.17, 15) is 4.79 Å². The van der Waals surface area contributed by atoms with Crippen LogP contribution in [0.2, 0.25) is 0 Å². The zero-order valence-electron chi connectivity index (χ0n) is 22.4. The van der Waals surface area contributed by atoms with Gasteiger partial charge in [-0.3, -0.25) is 0 Å². The van der Waals surface area contributed by atoms with E-state index in [2.05, 4.69) is 87.2 Å². The van der Waals surface area contributed by atoms with Gasteiger partial charge in [0.05, 0.1) is 0 Å². The summed E-state index contributed by atoms with van der Waals surface area (Å²) in [4.78, 5) is 16.0. The van der Waals surface area contributed by atoms with Crippen molar-refractivity contribution in [3.05, 3.63) is 60.2 Å². The monoisotopic (exact) mass is 475 g/mol. The molecule has 2 unspecified atom stereocenters. The molecule has 3 heteroatoms. The average molecular weight is 476 g/mol. The largest absolute Gasteiger partial charge is 0.444 e. The molecular weight excluding hydrogens is 430 g/mol. The van der Waals surface area contributed by atoms with Crippen LogP contribution in [0.1, 0.15) is 97.5 Å².